The van der Waals surface area contributed by atoms with Crippen molar-refractivity contribution in [1.82, 2.24) is 0 Å². The summed E-state index contributed by atoms with van der Waals surface area (Å²) in [5.41, 5.74) is 4.40. The molecule has 0 atom stereocenters. The highest BCUT2D eigenvalue weighted by Gasteiger charge is 2.35. The molecule has 0 radical (unpaired) electrons. The first kappa shape index (κ1) is 21.0. The first-order valence-electron chi connectivity index (χ1n) is 10.6. The highest BCUT2D eigenvalue weighted by molar-refractivity contribution is 6.53. The van der Waals surface area contributed by atoms with Crippen LogP contribution in [-0.4, -0.2) is 29.2 Å². The molecule has 0 saturated carbocycles. The van der Waals surface area contributed by atoms with Gasteiger partial charge in [-0.05, 0) is 78.6 Å². The summed E-state index contributed by atoms with van der Waals surface area (Å²) >= 11 is 6.04. The lowest BCUT2D eigenvalue weighted by Crippen LogP contribution is -2.24. The summed E-state index contributed by atoms with van der Waals surface area (Å²) in [5.74, 6) is -1.70. The van der Waals surface area contributed by atoms with Gasteiger partial charge in [-0.3, -0.25) is 4.79 Å². The Morgan fingerprint density at radius 3 is 2.48 bits per heavy atom. The van der Waals surface area contributed by atoms with E-state index in [1.54, 1.807) is 30.3 Å². The minimum absolute atomic E-state index is 0.0664. The lowest BCUT2D eigenvalue weighted by molar-refractivity contribution is -0.129. The van der Waals surface area contributed by atoms with Gasteiger partial charge in [0.25, 0.3) is 5.91 Å². The summed E-state index contributed by atoms with van der Waals surface area (Å²) in [6.45, 7) is 0.898. The first-order chi connectivity index (χ1) is 16.0. The lowest BCUT2D eigenvalue weighted by atomic mass is 9.97. The van der Waals surface area contributed by atoms with Gasteiger partial charge in [0.15, 0.2) is 5.71 Å². The molecule has 0 unspecified atom stereocenters. The van der Waals surface area contributed by atoms with Crippen LogP contribution in [0, 0.1) is 0 Å². The van der Waals surface area contributed by atoms with E-state index in [0.29, 0.717) is 10.7 Å². The fraction of sp³-hybridized carbons (Fsp3) is 0.115. The van der Waals surface area contributed by atoms with E-state index in [2.05, 4.69) is 10.0 Å². The number of para-hydroxylation sites is 1. The van der Waals surface area contributed by atoms with Crippen molar-refractivity contribution in [1.29, 1.82) is 0 Å². The number of hydrogen-bond donors (Lipinski definition) is 1. The third kappa shape index (κ3) is 4.01. The SMILES string of the molecule is O=C(O)C1=NN(c2ccccc2)C(=O)/C1=C\c1ccc2c(c1)CCCN2c1ccc(Cl)cc1. The zero-order chi connectivity index (χ0) is 22.9. The first-order valence-corrected chi connectivity index (χ1v) is 11.0. The van der Waals surface area contributed by atoms with Crippen molar-refractivity contribution in [3.8, 4) is 0 Å². The zero-order valence-electron chi connectivity index (χ0n) is 17.6. The second kappa shape index (κ2) is 8.56. The van der Waals surface area contributed by atoms with E-state index >= 15 is 0 Å². The van der Waals surface area contributed by atoms with Gasteiger partial charge in [-0.25, -0.2) is 4.79 Å². The monoisotopic (exact) mass is 457 g/mol. The van der Waals surface area contributed by atoms with Crippen LogP contribution in [0.25, 0.3) is 6.08 Å². The number of aliphatic carboxylic acids is 1. The Morgan fingerprint density at radius 2 is 1.76 bits per heavy atom. The quantitative estimate of drug-likeness (QED) is 0.540. The number of amides is 1. The van der Waals surface area contributed by atoms with Crippen LogP contribution in [0.1, 0.15) is 17.5 Å². The van der Waals surface area contributed by atoms with E-state index in [0.717, 1.165) is 46.9 Å². The lowest BCUT2D eigenvalue weighted by Gasteiger charge is -2.31. The predicted molar refractivity (Wildman–Crippen MR) is 130 cm³/mol. The fourth-order valence-corrected chi connectivity index (χ4v) is 4.34. The minimum atomic E-state index is -1.24. The number of hydrogen-bond acceptors (Lipinski definition) is 4. The number of aryl methyl sites for hydroxylation is 1. The smallest absolute Gasteiger partial charge is 0.357 e. The van der Waals surface area contributed by atoms with Crippen LogP contribution >= 0.6 is 11.6 Å². The van der Waals surface area contributed by atoms with Gasteiger partial charge in [-0.15, -0.1) is 0 Å². The molecular formula is C26H20ClN3O3. The maximum Gasteiger partial charge on any atom is 0.357 e. The maximum absolute atomic E-state index is 13.0. The molecule has 3 aromatic carbocycles. The van der Waals surface area contributed by atoms with Gasteiger partial charge in [-0.2, -0.15) is 10.1 Å². The van der Waals surface area contributed by atoms with Crippen molar-refractivity contribution in [3.05, 3.63) is 94.5 Å². The molecule has 164 valence electrons. The molecule has 6 nitrogen and oxygen atoms in total. The highest BCUT2D eigenvalue weighted by atomic mass is 35.5. The van der Waals surface area contributed by atoms with Crippen molar-refractivity contribution in [2.24, 2.45) is 5.10 Å². The van der Waals surface area contributed by atoms with Gasteiger partial charge in [0, 0.05) is 22.9 Å². The molecule has 5 rings (SSSR count). The summed E-state index contributed by atoms with van der Waals surface area (Å²) in [5, 5.41) is 15.6. The number of carboxylic acid groups (broad SMARTS) is 1. The number of carboxylic acids is 1. The number of hydrazone groups is 1. The summed E-state index contributed by atoms with van der Waals surface area (Å²) in [6.07, 6.45) is 3.50. The summed E-state index contributed by atoms with van der Waals surface area (Å²) in [7, 11) is 0. The van der Waals surface area contributed by atoms with Crippen LogP contribution in [0.15, 0.2) is 83.5 Å². The third-order valence-corrected chi connectivity index (χ3v) is 6.00. The average molecular weight is 458 g/mol. The van der Waals surface area contributed by atoms with E-state index in [9.17, 15) is 14.7 Å². The third-order valence-electron chi connectivity index (χ3n) is 5.75. The number of carbonyl (C=O) groups excluding carboxylic acids is 1. The Bertz CT molecular complexity index is 1300. The zero-order valence-corrected chi connectivity index (χ0v) is 18.4. The normalized spacial score (nSPS) is 16.7. The van der Waals surface area contributed by atoms with Gasteiger partial charge in [0.1, 0.15) is 0 Å². The number of rotatable bonds is 4. The number of nitrogens with zero attached hydrogens (tertiary/aromatic N) is 3. The molecule has 2 aliphatic rings. The standard InChI is InChI=1S/C26H20ClN3O3/c27-19-9-11-20(12-10-19)29-14-4-5-18-15-17(8-13-23(18)29)16-22-24(26(32)33)28-30(25(22)31)21-6-2-1-3-7-21/h1-3,6-13,15-16H,4-5,14H2,(H,32,33)/b22-16-. The molecule has 3 aromatic rings. The molecule has 2 heterocycles. The summed E-state index contributed by atoms with van der Waals surface area (Å²) < 4.78 is 0. The Kier molecular flexibility index (Phi) is 5.44. The van der Waals surface area contributed by atoms with Gasteiger partial charge >= 0.3 is 5.97 Å². The number of fused-ring (bicyclic) bond motifs is 1. The van der Waals surface area contributed by atoms with E-state index in [4.69, 9.17) is 11.6 Å². The minimum Gasteiger partial charge on any atom is -0.476 e. The fourth-order valence-electron chi connectivity index (χ4n) is 4.21. The van der Waals surface area contributed by atoms with Crippen molar-refractivity contribution < 1.29 is 14.7 Å². The number of halogens is 1. The van der Waals surface area contributed by atoms with E-state index in [-0.39, 0.29) is 11.3 Å². The van der Waals surface area contributed by atoms with E-state index in [1.807, 2.05) is 48.5 Å². The largest absolute Gasteiger partial charge is 0.476 e. The molecular weight excluding hydrogens is 438 g/mol. The highest BCUT2D eigenvalue weighted by Crippen LogP contribution is 2.35. The number of benzene rings is 3. The molecule has 0 aromatic heterocycles. The van der Waals surface area contributed by atoms with Crippen molar-refractivity contribution in [2.45, 2.75) is 12.8 Å². The van der Waals surface area contributed by atoms with Crippen LogP contribution in [0.5, 0.6) is 0 Å². The van der Waals surface area contributed by atoms with Gasteiger partial charge < -0.3 is 10.0 Å². The van der Waals surface area contributed by atoms with Crippen LogP contribution in [0.2, 0.25) is 5.02 Å². The van der Waals surface area contributed by atoms with E-state index < -0.39 is 11.9 Å². The molecule has 1 N–H and O–H groups in total. The Labute approximate surface area is 196 Å². The Hall–Kier alpha value is -3.90. The van der Waals surface area contributed by atoms with Crippen molar-refractivity contribution in [3.63, 3.8) is 0 Å². The van der Waals surface area contributed by atoms with Crippen molar-refractivity contribution >= 4 is 52.3 Å². The molecule has 0 bridgehead atoms. The van der Waals surface area contributed by atoms with Gasteiger partial charge in [0.2, 0.25) is 0 Å². The summed E-state index contributed by atoms with van der Waals surface area (Å²) in [4.78, 5) is 27.1. The van der Waals surface area contributed by atoms with Crippen LogP contribution in [0.4, 0.5) is 17.1 Å². The molecule has 33 heavy (non-hydrogen) atoms. The average Bonchev–Trinajstić information content (AvgIpc) is 3.16. The Balaban J connectivity index is 1.49. The molecule has 0 saturated heterocycles. The number of anilines is 3. The molecule has 1 amide bonds. The molecule has 2 aliphatic heterocycles. The van der Waals surface area contributed by atoms with Gasteiger partial charge in [-0.1, -0.05) is 35.9 Å². The van der Waals surface area contributed by atoms with Crippen LogP contribution in [0.3, 0.4) is 0 Å². The molecule has 0 aliphatic carbocycles. The summed E-state index contributed by atoms with van der Waals surface area (Å²) in [6, 6.07) is 22.5. The molecule has 0 spiro atoms. The topological polar surface area (TPSA) is 73.2 Å². The molecule has 0 fully saturated rings. The Morgan fingerprint density at radius 1 is 1.00 bits per heavy atom. The van der Waals surface area contributed by atoms with Crippen LogP contribution in [-0.2, 0) is 16.0 Å². The second-order valence-electron chi connectivity index (χ2n) is 7.88. The second-order valence-corrected chi connectivity index (χ2v) is 8.32. The van der Waals surface area contributed by atoms with Gasteiger partial charge in [0.05, 0.1) is 11.3 Å². The number of carbonyl (C=O) groups is 2. The maximum atomic E-state index is 13.0. The van der Waals surface area contributed by atoms with E-state index in [1.165, 1.54) is 0 Å². The van der Waals surface area contributed by atoms with Crippen LogP contribution < -0.4 is 9.91 Å². The predicted octanol–water partition coefficient (Wildman–Crippen LogP) is 5.30. The molecule has 7 heteroatoms. The van der Waals surface area contributed by atoms with Crippen molar-refractivity contribution in [2.75, 3.05) is 16.5 Å².